The third-order valence-corrected chi connectivity index (χ3v) is 2.21. The lowest BCUT2D eigenvalue weighted by molar-refractivity contribution is 0.136. The smallest absolute Gasteiger partial charge is 0.395 e. The van der Waals surface area contributed by atoms with Crippen LogP contribution < -0.4 is 0 Å². The van der Waals surface area contributed by atoms with Gasteiger partial charge in [0.25, 0.3) is 0 Å². The van der Waals surface area contributed by atoms with Gasteiger partial charge in [0.15, 0.2) is 0 Å². The monoisotopic (exact) mass is 279 g/mol. The summed E-state index contributed by atoms with van der Waals surface area (Å²) in [6, 6.07) is 0. The zero-order chi connectivity index (χ0) is 13.0. The lowest BCUT2D eigenvalue weighted by Gasteiger charge is -2.17. The van der Waals surface area contributed by atoms with Crippen molar-refractivity contribution in [2.75, 3.05) is 39.5 Å². The van der Waals surface area contributed by atoms with Crippen LogP contribution in [0, 0.1) is 0 Å². The second kappa shape index (κ2) is 11.8. The molecule has 0 radical (unpaired) electrons. The Balaban J connectivity index is 0. The van der Waals surface area contributed by atoms with Crippen LogP contribution in [-0.4, -0.2) is 69.5 Å². The van der Waals surface area contributed by atoms with Crippen LogP contribution in [0.25, 0.3) is 0 Å². The Morgan fingerprint density at radius 1 is 1.00 bits per heavy atom. The maximum absolute atomic E-state index is 9.40. The van der Waals surface area contributed by atoms with E-state index in [9.17, 15) is 4.57 Å². The van der Waals surface area contributed by atoms with Crippen molar-refractivity contribution in [3.63, 3.8) is 0 Å². The molecule has 0 fully saturated rings. The predicted molar refractivity (Wildman–Crippen MR) is 59.8 cm³/mol. The molecule has 0 aliphatic heterocycles. The van der Waals surface area contributed by atoms with Crippen molar-refractivity contribution in [2.24, 2.45) is 0 Å². The minimum absolute atomic E-state index is 0.0694. The molecule has 0 rings (SSSR count). The second-order valence-electron chi connectivity index (χ2n) is 2.58. The molecule has 0 aromatic rings. The Morgan fingerprint density at radius 2 is 1.25 bits per heavy atom. The number of phosphoric acid groups is 1. The molecule has 100 valence electrons. The Morgan fingerprint density at radius 3 is 1.38 bits per heavy atom. The number of hydrogen-bond acceptors (Lipinski definition) is 7. The van der Waals surface area contributed by atoms with Crippen LogP contribution in [0.1, 0.15) is 0 Å². The maximum Gasteiger partial charge on any atom is 0.480 e. The normalized spacial score (nSPS) is 11.2. The van der Waals surface area contributed by atoms with E-state index in [0.29, 0.717) is 19.6 Å². The van der Waals surface area contributed by atoms with Gasteiger partial charge in [-0.05, 0) is 12.9 Å². The molecule has 0 aromatic heterocycles. The van der Waals surface area contributed by atoms with Gasteiger partial charge in [0.05, 0.1) is 19.8 Å². The van der Waals surface area contributed by atoms with Crippen molar-refractivity contribution in [1.29, 1.82) is 0 Å². The Hall–Kier alpha value is 0.300. The van der Waals surface area contributed by atoms with Gasteiger partial charge in [-0.3, -0.25) is 4.90 Å². The van der Waals surface area contributed by atoms with Crippen molar-refractivity contribution >= 4 is 20.7 Å². The summed E-state index contributed by atoms with van der Waals surface area (Å²) in [6.45, 7) is 1.75. The van der Waals surface area contributed by atoms with Crippen molar-refractivity contribution < 1.29 is 33.6 Å². The summed E-state index contributed by atoms with van der Waals surface area (Å²) in [5.74, 6) is 0. The molecule has 8 nitrogen and oxygen atoms in total. The summed E-state index contributed by atoms with van der Waals surface area (Å²) in [6.07, 6.45) is 0. The van der Waals surface area contributed by atoms with Crippen molar-refractivity contribution in [3.8, 4) is 0 Å². The number of rotatable bonds is 7. The fourth-order valence-electron chi connectivity index (χ4n) is 0.760. The summed E-state index contributed by atoms with van der Waals surface area (Å²) in [7, 11) is -4.28. The lowest BCUT2D eigenvalue weighted by atomic mass is 10.4. The molecule has 10 heteroatoms. The largest absolute Gasteiger partial charge is 0.480 e. The number of thiol groups is 1. The van der Waals surface area contributed by atoms with Gasteiger partial charge in [-0.15, -0.1) is 0 Å². The van der Waals surface area contributed by atoms with Crippen LogP contribution in [0.4, 0.5) is 0 Å². The first-order valence-electron chi connectivity index (χ1n) is 4.35. The van der Waals surface area contributed by atoms with Crippen molar-refractivity contribution in [2.45, 2.75) is 0 Å². The molecule has 0 aliphatic carbocycles. The van der Waals surface area contributed by atoms with Crippen LogP contribution in [0.2, 0.25) is 0 Å². The van der Waals surface area contributed by atoms with E-state index in [0.717, 1.165) is 0 Å². The Kier molecular flexibility index (Phi) is 13.7. The van der Waals surface area contributed by atoms with Crippen LogP contribution in [0.5, 0.6) is 0 Å². The highest BCUT2D eigenvalue weighted by molar-refractivity contribution is 7.80. The summed E-state index contributed by atoms with van der Waals surface area (Å²) in [4.78, 5) is 17.1. The first kappa shape index (κ1) is 18.7. The van der Waals surface area contributed by atoms with Crippen LogP contribution >= 0.6 is 20.7 Å². The average Bonchev–Trinajstić information content (AvgIpc) is 2.19. The summed E-state index contributed by atoms with van der Waals surface area (Å²) >= 11 is 2.84. The molecule has 0 bridgehead atoms. The van der Waals surface area contributed by atoms with Gasteiger partial charge in [0, 0.05) is 19.6 Å². The first-order chi connectivity index (χ1) is 7.41. The zero-order valence-electron chi connectivity index (χ0n) is 8.64. The van der Waals surface area contributed by atoms with Crippen molar-refractivity contribution in [3.05, 3.63) is 0 Å². The van der Waals surface area contributed by atoms with Gasteiger partial charge in [-0.1, -0.05) is 0 Å². The number of aliphatic hydroxyl groups excluding tert-OH is 3. The molecule has 0 spiro atoms. The molecule has 16 heavy (non-hydrogen) atoms. The molecule has 5 N–H and O–H groups in total. The SMILES string of the molecule is O=P(O)(O)OS.OCCN(CCO)CCO. The van der Waals surface area contributed by atoms with Crippen LogP contribution in [0.15, 0.2) is 0 Å². The van der Waals surface area contributed by atoms with Crippen LogP contribution in [-0.2, 0) is 8.54 Å². The molecular weight excluding hydrogens is 261 g/mol. The van der Waals surface area contributed by atoms with E-state index in [1.165, 1.54) is 0 Å². The number of aliphatic hydroxyl groups is 3. The van der Waals surface area contributed by atoms with Gasteiger partial charge in [-0.25, -0.2) is 8.54 Å². The highest BCUT2D eigenvalue weighted by atomic mass is 32.1. The predicted octanol–water partition coefficient (Wildman–Crippen LogP) is -1.79. The minimum atomic E-state index is -4.28. The molecular formula is C6H18NO7PS. The first-order valence-corrected chi connectivity index (χ1v) is 6.24. The van der Waals surface area contributed by atoms with E-state index in [1.54, 1.807) is 4.90 Å². The molecule has 0 aliphatic rings. The molecule has 0 aromatic carbocycles. The number of hydrogen-bond donors (Lipinski definition) is 6. The Bertz CT molecular complexity index is 175. The van der Waals surface area contributed by atoms with Gasteiger partial charge >= 0.3 is 7.82 Å². The molecule has 0 saturated carbocycles. The standard InChI is InChI=1S/C6H15NO3.H3O4PS/c8-4-1-7(2-5-9)3-6-10;1-5(2,3)4-6/h8-10H,1-6H2;6H,(H2,1,2,3). The molecule has 0 amide bonds. The summed E-state index contributed by atoms with van der Waals surface area (Å²) in [5, 5.41) is 25.5. The summed E-state index contributed by atoms with van der Waals surface area (Å²) < 4.78 is 12.7. The third kappa shape index (κ3) is 16.7. The average molecular weight is 279 g/mol. The molecule has 0 unspecified atom stereocenters. The molecule has 0 saturated heterocycles. The van der Waals surface area contributed by atoms with E-state index < -0.39 is 7.82 Å². The fraction of sp³-hybridized carbons (Fsp3) is 1.00. The topological polar surface area (TPSA) is 131 Å². The minimum Gasteiger partial charge on any atom is -0.395 e. The van der Waals surface area contributed by atoms with E-state index >= 15 is 0 Å². The van der Waals surface area contributed by atoms with Gasteiger partial charge in [0.1, 0.15) is 0 Å². The maximum atomic E-state index is 9.40. The van der Waals surface area contributed by atoms with Gasteiger partial charge in [-0.2, -0.15) is 0 Å². The Labute approximate surface area is 99.3 Å². The van der Waals surface area contributed by atoms with E-state index in [2.05, 4.69) is 16.9 Å². The molecule has 0 heterocycles. The highest BCUT2D eigenvalue weighted by Gasteiger charge is 2.09. The zero-order valence-corrected chi connectivity index (χ0v) is 10.4. The quantitative estimate of drug-likeness (QED) is 0.183. The van der Waals surface area contributed by atoms with Crippen molar-refractivity contribution in [1.82, 2.24) is 4.90 Å². The van der Waals surface area contributed by atoms with Crippen LogP contribution in [0.3, 0.4) is 0 Å². The van der Waals surface area contributed by atoms with E-state index in [1.807, 2.05) is 0 Å². The van der Waals surface area contributed by atoms with Gasteiger partial charge < -0.3 is 25.1 Å². The van der Waals surface area contributed by atoms with E-state index in [4.69, 9.17) is 25.1 Å². The van der Waals surface area contributed by atoms with Gasteiger partial charge in [0.2, 0.25) is 0 Å². The molecule has 0 atom stereocenters. The van der Waals surface area contributed by atoms with E-state index in [-0.39, 0.29) is 19.8 Å². The number of nitrogens with zero attached hydrogens (tertiary/aromatic N) is 1. The summed E-state index contributed by atoms with van der Waals surface area (Å²) in [5.41, 5.74) is 0. The second-order valence-corrected chi connectivity index (χ2v) is 4.22. The highest BCUT2D eigenvalue weighted by Crippen LogP contribution is 2.36. The lowest BCUT2D eigenvalue weighted by Crippen LogP contribution is -2.32. The third-order valence-electron chi connectivity index (χ3n) is 1.36. The fourth-order valence-corrected chi connectivity index (χ4v) is 0.760.